The van der Waals surface area contributed by atoms with Gasteiger partial charge in [-0.15, -0.1) is 0 Å². The van der Waals surface area contributed by atoms with Crippen LogP contribution in [0.25, 0.3) is 0 Å². The van der Waals surface area contributed by atoms with Gasteiger partial charge in [0.05, 0.1) is 12.0 Å². The van der Waals surface area contributed by atoms with E-state index in [1.165, 1.54) is 0 Å². The molecule has 7 atom stereocenters. The molecule has 4 aliphatic rings. The first-order valence-corrected chi connectivity index (χ1v) is 18.8. The number of unbranched alkanes of at least 4 members (excludes halogenated alkanes) is 3. The number of amides is 3. The quantitative estimate of drug-likeness (QED) is 0.213. The lowest BCUT2D eigenvalue weighted by Crippen LogP contribution is -2.56. The number of carbonyl (C=O) groups excluding carboxylic acids is 4. The van der Waals surface area contributed by atoms with Gasteiger partial charge in [-0.1, -0.05) is 83.4 Å². The van der Waals surface area contributed by atoms with Crippen LogP contribution in [0.3, 0.4) is 0 Å². The number of hydrogen-bond acceptors (Lipinski definition) is 7. The lowest BCUT2D eigenvalue weighted by Gasteiger charge is -2.36. The Labute approximate surface area is 308 Å². The Morgan fingerprint density at radius 3 is 2.43 bits per heavy atom. The molecule has 3 amide bonds. The van der Waals surface area contributed by atoms with Crippen LogP contribution >= 0.6 is 15.9 Å². The third-order valence-electron chi connectivity index (χ3n) is 11.0. The number of cyclic esters (lactones) is 1. The van der Waals surface area contributed by atoms with Gasteiger partial charge in [0.15, 0.2) is 0 Å². The van der Waals surface area contributed by atoms with E-state index in [9.17, 15) is 19.5 Å². The maximum absolute atomic E-state index is 15.2. The number of halogens is 1. The molecule has 51 heavy (non-hydrogen) atoms. The van der Waals surface area contributed by atoms with Crippen LogP contribution in [0.4, 0.5) is 5.69 Å². The zero-order chi connectivity index (χ0) is 36.4. The van der Waals surface area contributed by atoms with Gasteiger partial charge in [-0.25, -0.2) is 0 Å². The average Bonchev–Trinajstić information content (AvgIpc) is 3.71. The van der Waals surface area contributed by atoms with Gasteiger partial charge < -0.3 is 29.3 Å². The first kappa shape index (κ1) is 37.0. The number of likely N-dealkylation sites (tertiary alicyclic amines) is 1. The summed E-state index contributed by atoms with van der Waals surface area (Å²) in [6.45, 7) is 6.39. The van der Waals surface area contributed by atoms with E-state index in [2.05, 4.69) is 15.9 Å². The second-order valence-electron chi connectivity index (χ2n) is 14.3. The summed E-state index contributed by atoms with van der Waals surface area (Å²) in [6.07, 6.45) is 7.56. The number of allylic oxidation sites excluding steroid dienone is 1. The summed E-state index contributed by atoms with van der Waals surface area (Å²) < 4.78 is 13.7. The van der Waals surface area contributed by atoms with E-state index in [1.807, 2.05) is 87.5 Å². The van der Waals surface area contributed by atoms with Crippen LogP contribution in [-0.4, -0.2) is 89.1 Å². The molecule has 2 aromatic rings. The van der Waals surface area contributed by atoms with Crippen molar-refractivity contribution >= 4 is 45.3 Å². The van der Waals surface area contributed by atoms with Crippen LogP contribution in [0, 0.1) is 25.7 Å². The van der Waals surface area contributed by atoms with Crippen LogP contribution in [0.2, 0.25) is 0 Å². The van der Waals surface area contributed by atoms with Crippen LogP contribution in [0.1, 0.15) is 68.2 Å². The van der Waals surface area contributed by atoms with E-state index in [-0.39, 0.29) is 37.3 Å². The number of hydrogen-bond donors (Lipinski definition) is 1. The summed E-state index contributed by atoms with van der Waals surface area (Å²) in [4.78, 5) is 62.9. The van der Waals surface area contributed by atoms with Gasteiger partial charge in [-0.2, -0.15) is 0 Å². The van der Waals surface area contributed by atoms with Crippen molar-refractivity contribution < 1.29 is 33.8 Å². The minimum absolute atomic E-state index is 0.0949. The van der Waals surface area contributed by atoms with E-state index < -0.39 is 47.7 Å². The standard InChI is InChI=1S/C40H48BrN3O7/c1-25-18-19-26(2)30(23-25)43-20-13-8-11-17-31(46)42(4)27(3)34(28-15-9-7-10-16-28)50-39(49)32-33-37(47)44(21-12-5-6-14-22-45)36(38(43)48)40(33)24-29(41)35(32)51-40/h7-10,13,15-16,18-19,23-24,27,32-36,45H,5-6,11-12,14,17,20-22H2,1-4H3/b13-8-/t27-,32+,33-,34+,35+,36+,40-/m1/s1. The van der Waals surface area contributed by atoms with Crippen LogP contribution in [-0.2, 0) is 28.7 Å². The van der Waals surface area contributed by atoms with Crippen LogP contribution in [0.5, 0.6) is 0 Å². The second-order valence-corrected chi connectivity index (χ2v) is 15.2. The van der Waals surface area contributed by atoms with E-state index in [4.69, 9.17) is 9.47 Å². The molecule has 10 nitrogen and oxygen atoms in total. The number of aliphatic hydroxyl groups excluding tert-OH is 1. The van der Waals surface area contributed by atoms with E-state index in [0.717, 1.165) is 35.2 Å². The Kier molecular flexibility index (Phi) is 11.2. The summed E-state index contributed by atoms with van der Waals surface area (Å²) in [6, 6.07) is 13.7. The minimum Gasteiger partial charge on any atom is -0.455 e. The largest absolute Gasteiger partial charge is 0.455 e. The van der Waals surface area contributed by atoms with Gasteiger partial charge in [0.2, 0.25) is 11.8 Å². The summed E-state index contributed by atoms with van der Waals surface area (Å²) in [7, 11) is 1.72. The molecule has 1 N–H and O–H groups in total. The fourth-order valence-electron chi connectivity index (χ4n) is 8.12. The molecule has 2 aromatic carbocycles. The van der Waals surface area contributed by atoms with E-state index >= 15 is 4.79 Å². The number of fused-ring (bicyclic) bond motifs is 2. The Bertz CT molecular complexity index is 1710. The van der Waals surface area contributed by atoms with Gasteiger partial charge >= 0.3 is 5.97 Å². The maximum Gasteiger partial charge on any atom is 0.313 e. The molecule has 0 saturated carbocycles. The lowest BCUT2D eigenvalue weighted by atomic mass is 9.74. The molecule has 2 fully saturated rings. The normalized spacial score (nSPS) is 30.5. The van der Waals surface area contributed by atoms with Crippen molar-refractivity contribution in [2.24, 2.45) is 11.8 Å². The number of benzene rings is 2. The molecule has 4 heterocycles. The van der Waals surface area contributed by atoms with E-state index in [0.29, 0.717) is 30.3 Å². The number of nitrogens with zero attached hydrogens (tertiary/aromatic N) is 3. The van der Waals surface area contributed by atoms with E-state index in [1.54, 1.807) is 21.7 Å². The third-order valence-corrected chi connectivity index (χ3v) is 11.6. The highest BCUT2D eigenvalue weighted by Crippen LogP contribution is 2.59. The first-order chi connectivity index (χ1) is 24.5. The molecule has 0 unspecified atom stereocenters. The highest BCUT2D eigenvalue weighted by atomic mass is 79.9. The molecule has 4 aliphatic heterocycles. The number of esters is 1. The zero-order valence-electron chi connectivity index (χ0n) is 29.8. The SMILES string of the molecule is Cc1ccc(C)c(N2C/C=C\CCC(=O)N(C)[C@H](C)[C@@H](c3ccccc3)OC(=O)[C@@H]3[C@H]4O[C@@]5(C=C4Br)[C@H](C2=O)N(CCCCCCO)C(=O)[C@@H]35)c1. The number of likely N-dealkylation sites (N-methyl/N-ethyl adjacent to an activating group) is 1. The molecule has 0 radical (unpaired) electrons. The number of carbonyl (C=O) groups is 4. The molecule has 2 saturated heterocycles. The number of anilines is 1. The highest BCUT2D eigenvalue weighted by molar-refractivity contribution is 9.11. The number of aryl methyl sites for hydroxylation is 2. The number of ether oxygens (including phenoxy) is 2. The molecule has 6 rings (SSSR count). The van der Waals surface area contributed by atoms with Crippen molar-refractivity contribution in [2.45, 2.75) is 89.2 Å². The molecule has 0 aromatic heterocycles. The monoisotopic (exact) mass is 761 g/mol. The van der Waals surface area contributed by atoms with Gasteiger partial charge in [0.1, 0.15) is 29.8 Å². The fraction of sp³-hybridized carbons (Fsp3) is 0.500. The molecule has 0 aliphatic carbocycles. The Balaban J connectivity index is 1.47. The molecular weight excluding hydrogens is 714 g/mol. The summed E-state index contributed by atoms with van der Waals surface area (Å²) in [5.74, 6) is -3.34. The van der Waals surface area contributed by atoms with Gasteiger partial charge in [0, 0.05) is 43.3 Å². The fourth-order valence-corrected chi connectivity index (χ4v) is 8.86. The minimum atomic E-state index is -1.40. The topological polar surface area (TPSA) is 117 Å². The maximum atomic E-state index is 15.2. The van der Waals surface area contributed by atoms with Crippen LogP contribution in [0.15, 0.2) is 71.2 Å². The average molecular weight is 763 g/mol. The molecule has 11 heteroatoms. The summed E-state index contributed by atoms with van der Waals surface area (Å²) in [5, 5.41) is 9.32. The molecule has 1 spiro atoms. The smallest absolute Gasteiger partial charge is 0.313 e. The Hall–Kier alpha value is -3.80. The van der Waals surface area contributed by atoms with Crippen molar-refractivity contribution in [2.75, 3.05) is 31.6 Å². The van der Waals surface area contributed by atoms with Crippen molar-refractivity contribution in [1.82, 2.24) is 9.80 Å². The predicted octanol–water partition coefficient (Wildman–Crippen LogP) is 5.54. The summed E-state index contributed by atoms with van der Waals surface area (Å²) in [5.41, 5.74) is 1.92. The van der Waals surface area contributed by atoms with Crippen molar-refractivity contribution in [3.05, 3.63) is 87.9 Å². The first-order valence-electron chi connectivity index (χ1n) is 18.0. The third kappa shape index (κ3) is 6.92. The zero-order valence-corrected chi connectivity index (χ0v) is 31.4. The Morgan fingerprint density at radius 2 is 1.69 bits per heavy atom. The molecular formula is C40H48BrN3O7. The highest BCUT2D eigenvalue weighted by Gasteiger charge is 2.75. The Morgan fingerprint density at radius 1 is 0.941 bits per heavy atom. The molecule has 5 bridgehead atoms. The predicted molar refractivity (Wildman–Crippen MR) is 197 cm³/mol. The summed E-state index contributed by atoms with van der Waals surface area (Å²) >= 11 is 3.65. The van der Waals surface area contributed by atoms with Crippen LogP contribution < -0.4 is 4.90 Å². The lowest BCUT2D eigenvalue weighted by molar-refractivity contribution is -0.164. The second kappa shape index (κ2) is 15.4. The van der Waals surface area contributed by atoms with Gasteiger partial charge in [-0.05, 0) is 68.9 Å². The van der Waals surface area contributed by atoms with Crippen molar-refractivity contribution in [3.63, 3.8) is 0 Å². The van der Waals surface area contributed by atoms with Crippen molar-refractivity contribution in [1.29, 1.82) is 0 Å². The number of aliphatic hydroxyl groups is 1. The van der Waals surface area contributed by atoms with Gasteiger partial charge in [-0.3, -0.25) is 19.2 Å². The number of rotatable bonds is 8. The van der Waals surface area contributed by atoms with Gasteiger partial charge in [0.25, 0.3) is 5.91 Å². The van der Waals surface area contributed by atoms with Crippen molar-refractivity contribution in [3.8, 4) is 0 Å². The molecule has 272 valence electrons.